The Morgan fingerprint density at radius 2 is 2.06 bits per heavy atom. The molecule has 0 unspecified atom stereocenters. The molecule has 82 valence electrons. The maximum absolute atomic E-state index is 4.64. The van der Waals surface area contributed by atoms with E-state index in [1.165, 1.54) is 17.0 Å². The summed E-state index contributed by atoms with van der Waals surface area (Å²) in [6.45, 7) is 4.09. The predicted octanol–water partition coefficient (Wildman–Crippen LogP) is 1.83. The first-order valence-corrected chi connectivity index (χ1v) is 5.70. The van der Waals surface area contributed by atoms with E-state index in [0.29, 0.717) is 0 Å². The second-order valence-electron chi connectivity index (χ2n) is 4.18. The molecule has 1 aliphatic heterocycles. The number of fused-ring (bicyclic) bond motifs is 1. The third-order valence-corrected chi connectivity index (χ3v) is 3.14. The van der Waals surface area contributed by atoms with Gasteiger partial charge in [0, 0.05) is 6.54 Å². The summed E-state index contributed by atoms with van der Waals surface area (Å²) in [4.78, 5) is 0. The van der Waals surface area contributed by atoms with Crippen molar-refractivity contribution in [3.63, 3.8) is 0 Å². The predicted molar refractivity (Wildman–Crippen MR) is 63.7 cm³/mol. The summed E-state index contributed by atoms with van der Waals surface area (Å²) in [6.07, 6.45) is 1.09. The molecule has 0 spiro atoms. The van der Waals surface area contributed by atoms with Crippen LogP contribution in [0, 0.1) is 6.92 Å². The molecule has 0 fully saturated rings. The highest BCUT2D eigenvalue weighted by molar-refractivity contribution is 5.38. The molecule has 3 nitrogen and oxygen atoms in total. The zero-order chi connectivity index (χ0) is 11.0. The Labute approximate surface area is 95.1 Å². The first kappa shape index (κ1) is 9.60. The van der Waals surface area contributed by atoms with Crippen molar-refractivity contribution in [3.05, 3.63) is 47.3 Å². The molecule has 1 aliphatic rings. The van der Waals surface area contributed by atoms with Crippen LogP contribution in [0.4, 0.5) is 0 Å². The summed E-state index contributed by atoms with van der Waals surface area (Å²) in [7, 11) is 0. The number of aryl methyl sites for hydroxylation is 1. The highest BCUT2D eigenvalue weighted by Gasteiger charge is 2.18. The molecular weight excluding hydrogens is 198 g/mol. The quantitative estimate of drug-likeness (QED) is 0.783. The molecule has 3 rings (SSSR count). The van der Waals surface area contributed by atoms with Crippen LogP contribution in [-0.2, 0) is 13.0 Å². The van der Waals surface area contributed by atoms with Gasteiger partial charge in [0.2, 0.25) is 0 Å². The summed E-state index contributed by atoms with van der Waals surface area (Å²) >= 11 is 0. The Balaban J connectivity index is 2.15. The molecule has 2 heterocycles. The standard InChI is InChI=1S/C13H15N3/c1-10-12-7-8-14-9-13(12)16(15-10)11-5-3-2-4-6-11/h2-6,14H,7-9H2,1H3. The van der Waals surface area contributed by atoms with Crippen molar-refractivity contribution < 1.29 is 0 Å². The van der Waals surface area contributed by atoms with E-state index in [1.54, 1.807) is 0 Å². The second-order valence-corrected chi connectivity index (χ2v) is 4.18. The number of nitrogens with zero attached hydrogens (tertiary/aromatic N) is 2. The first-order chi connectivity index (χ1) is 7.86. The highest BCUT2D eigenvalue weighted by atomic mass is 15.3. The van der Waals surface area contributed by atoms with E-state index in [9.17, 15) is 0 Å². The van der Waals surface area contributed by atoms with Crippen LogP contribution in [0.5, 0.6) is 0 Å². The van der Waals surface area contributed by atoms with Crippen molar-refractivity contribution in [1.82, 2.24) is 15.1 Å². The Morgan fingerprint density at radius 1 is 1.25 bits per heavy atom. The lowest BCUT2D eigenvalue weighted by Gasteiger charge is -2.15. The largest absolute Gasteiger partial charge is 0.311 e. The van der Waals surface area contributed by atoms with Crippen LogP contribution in [-0.4, -0.2) is 16.3 Å². The molecule has 0 bridgehead atoms. The van der Waals surface area contributed by atoms with Crippen molar-refractivity contribution in [1.29, 1.82) is 0 Å². The molecule has 0 saturated heterocycles. The van der Waals surface area contributed by atoms with Crippen LogP contribution >= 0.6 is 0 Å². The number of nitrogens with one attached hydrogen (secondary N) is 1. The van der Waals surface area contributed by atoms with Gasteiger partial charge in [-0.15, -0.1) is 0 Å². The van der Waals surface area contributed by atoms with Gasteiger partial charge in [-0.3, -0.25) is 0 Å². The van der Waals surface area contributed by atoms with E-state index in [1.807, 2.05) is 6.07 Å². The molecule has 1 aromatic carbocycles. The van der Waals surface area contributed by atoms with Crippen LogP contribution in [0.25, 0.3) is 5.69 Å². The van der Waals surface area contributed by atoms with Crippen LogP contribution in [0.15, 0.2) is 30.3 Å². The average molecular weight is 213 g/mol. The van der Waals surface area contributed by atoms with E-state index in [-0.39, 0.29) is 0 Å². The zero-order valence-electron chi connectivity index (χ0n) is 9.40. The minimum absolute atomic E-state index is 0.922. The van der Waals surface area contributed by atoms with E-state index in [2.05, 4.69) is 46.3 Å². The Hall–Kier alpha value is -1.61. The molecule has 16 heavy (non-hydrogen) atoms. The van der Waals surface area contributed by atoms with Crippen molar-refractivity contribution in [2.45, 2.75) is 19.9 Å². The lowest BCUT2D eigenvalue weighted by molar-refractivity contribution is 0.614. The maximum Gasteiger partial charge on any atom is 0.0649 e. The van der Waals surface area contributed by atoms with Gasteiger partial charge in [0.25, 0.3) is 0 Å². The maximum atomic E-state index is 4.64. The Bertz CT molecular complexity index is 499. The molecule has 0 amide bonds. The van der Waals surface area contributed by atoms with Gasteiger partial charge in [0.1, 0.15) is 0 Å². The number of rotatable bonds is 1. The fourth-order valence-electron chi connectivity index (χ4n) is 2.32. The van der Waals surface area contributed by atoms with E-state index in [0.717, 1.165) is 25.2 Å². The minimum Gasteiger partial charge on any atom is -0.311 e. The molecule has 2 aromatic rings. The molecule has 0 aliphatic carbocycles. The summed E-state index contributed by atoms with van der Waals surface area (Å²) in [5.41, 5.74) is 5.05. The third-order valence-electron chi connectivity index (χ3n) is 3.14. The smallest absolute Gasteiger partial charge is 0.0649 e. The van der Waals surface area contributed by atoms with Gasteiger partial charge in [-0.25, -0.2) is 4.68 Å². The molecule has 0 atom stereocenters. The highest BCUT2D eigenvalue weighted by Crippen LogP contribution is 2.21. The molecule has 0 saturated carbocycles. The second kappa shape index (κ2) is 3.76. The van der Waals surface area contributed by atoms with Crippen molar-refractivity contribution >= 4 is 0 Å². The van der Waals surface area contributed by atoms with Gasteiger partial charge >= 0.3 is 0 Å². The summed E-state index contributed by atoms with van der Waals surface area (Å²) in [5, 5.41) is 8.04. The van der Waals surface area contributed by atoms with Gasteiger partial charge in [0.05, 0.1) is 17.1 Å². The van der Waals surface area contributed by atoms with E-state index >= 15 is 0 Å². The fourth-order valence-corrected chi connectivity index (χ4v) is 2.32. The van der Waals surface area contributed by atoms with Gasteiger partial charge in [-0.05, 0) is 37.6 Å². The first-order valence-electron chi connectivity index (χ1n) is 5.70. The van der Waals surface area contributed by atoms with Crippen molar-refractivity contribution in [2.24, 2.45) is 0 Å². The Kier molecular flexibility index (Phi) is 2.26. The molecule has 0 radical (unpaired) electrons. The summed E-state index contributed by atoms with van der Waals surface area (Å²) < 4.78 is 2.07. The van der Waals surface area contributed by atoms with Crippen molar-refractivity contribution in [3.8, 4) is 5.69 Å². The molecule has 1 N–H and O–H groups in total. The van der Waals surface area contributed by atoms with E-state index < -0.39 is 0 Å². The van der Waals surface area contributed by atoms with Gasteiger partial charge < -0.3 is 5.32 Å². The monoisotopic (exact) mass is 213 g/mol. The van der Waals surface area contributed by atoms with Gasteiger partial charge in [0.15, 0.2) is 0 Å². The summed E-state index contributed by atoms with van der Waals surface area (Å²) in [5.74, 6) is 0. The number of para-hydroxylation sites is 1. The van der Waals surface area contributed by atoms with Crippen LogP contribution in [0.1, 0.15) is 17.0 Å². The minimum atomic E-state index is 0.922. The topological polar surface area (TPSA) is 29.9 Å². The van der Waals surface area contributed by atoms with Crippen LogP contribution in [0.2, 0.25) is 0 Å². The SMILES string of the molecule is Cc1nn(-c2ccccc2)c2c1CCNC2. The molecule has 3 heteroatoms. The third kappa shape index (κ3) is 1.44. The fraction of sp³-hybridized carbons (Fsp3) is 0.308. The van der Waals surface area contributed by atoms with E-state index in [4.69, 9.17) is 0 Å². The number of hydrogen-bond donors (Lipinski definition) is 1. The summed E-state index contributed by atoms with van der Waals surface area (Å²) in [6, 6.07) is 10.3. The Morgan fingerprint density at radius 3 is 2.88 bits per heavy atom. The number of benzene rings is 1. The lowest BCUT2D eigenvalue weighted by Crippen LogP contribution is -2.25. The molecule has 1 aromatic heterocycles. The van der Waals surface area contributed by atoms with Crippen molar-refractivity contribution in [2.75, 3.05) is 6.54 Å². The van der Waals surface area contributed by atoms with Gasteiger partial charge in [-0.1, -0.05) is 18.2 Å². The van der Waals surface area contributed by atoms with Crippen LogP contribution < -0.4 is 5.32 Å². The normalized spacial score (nSPS) is 14.8. The van der Waals surface area contributed by atoms with Gasteiger partial charge in [-0.2, -0.15) is 5.10 Å². The number of aromatic nitrogens is 2. The molecular formula is C13H15N3. The number of hydrogen-bond acceptors (Lipinski definition) is 2. The van der Waals surface area contributed by atoms with Crippen LogP contribution in [0.3, 0.4) is 0 Å². The lowest BCUT2D eigenvalue weighted by atomic mass is 10.1. The average Bonchev–Trinajstić information content (AvgIpc) is 2.69. The zero-order valence-corrected chi connectivity index (χ0v) is 9.40.